The van der Waals surface area contributed by atoms with Gasteiger partial charge in [0.25, 0.3) is 0 Å². The first kappa shape index (κ1) is 9.84. The number of nitrogen functional groups attached to an aromatic ring is 1. The largest absolute Gasteiger partial charge is 0.300 e. The van der Waals surface area contributed by atoms with Crippen LogP contribution < -0.4 is 11.3 Å². The molecule has 0 radical (unpaired) electrons. The quantitative estimate of drug-likeness (QED) is 0.484. The summed E-state index contributed by atoms with van der Waals surface area (Å²) in [6.07, 6.45) is 3.38. The molecule has 0 fully saturated rings. The second-order valence-electron chi connectivity index (χ2n) is 2.27. The molecule has 2 aromatic heterocycles. The van der Waals surface area contributed by atoms with Crippen LogP contribution in [0.3, 0.4) is 0 Å². The van der Waals surface area contributed by atoms with Crippen molar-refractivity contribution in [3.8, 4) is 0 Å². The Morgan fingerprint density at radius 2 is 2.43 bits per heavy atom. The molecule has 0 saturated heterocycles. The maximum atomic E-state index is 5.22. The third-order valence-electron chi connectivity index (χ3n) is 1.36. The summed E-state index contributed by atoms with van der Waals surface area (Å²) < 4.78 is 4.89. The highest BCUT2D eigenvalue weighted by Crippen LogP contribution is 2.27. The van der Waals surface area contributed by atoms with Crippen molar-refractivity contribution in [2.45, 2.75) is 10.1 Å². The van der Waals surface area contributed by atoms with Crippen molar-refractivity contribution >= 4 is 39.8 Å². The molecule has 0 aromatic carbocycles. The smallest absolute Gasteiger partial charge is 0.197 e. The molecule has 2 aromatic rings. The Hall–Kier alpha value is -0.700. The molecule has 0 unspecified atom stereocenters. The Balaban J connectivity index is 1.92. The van der Waals surface area contributed by atoms with Gasteiger partial charge >= 0.3 is 0 Å². The number of thiazole rings is 1. The molecule has 2 rings (SSSR count). The maximum Gasteiger partial charge on any atom is 0.197 e. The molecule has 0 bridgehead atoms. The molecule has 2 heterocycles. The monoisotopic (exact) mass is 245 g/mol. The molecule has 74 valence electrons. The Morgan fingerprint density at radius 1 is 1.50 bits per heavy atom. The van der Waals surface area contributed by atoms with Crippen LogP contribution in [-0.4, -0.2) is 14.3 Å². The van der Waals surface area contributed by atoms with Gasteiger partial charge < -0.3 is 0 Å². The predicted octanol–water partition coefficient (Wildman–Crippen LogP) is 1.57. The number of thioether (sulfide) groups is 1. The fourth-order valence-electron chi connectivity index (χ4n) is 0.800. The minimum absolute atomic E-state index is 0.734. The number of anilines is 1. The van der Waals surface area contributed by atoms with E-state index in [4.69, 9.17) is 5.84 Å². The van der Waals surface area contributed by atoms with Gasteiger partial charge in [-0.25, -0.2) is 15.8 Å². The van der Waals surface area contributed by atoms with Crippen LogP contribution in [0.5, 0.6) is 0 Å². The lowest BCUT2D eigenvalue weighted by Crippen LogP contribution is -2.05. The summed E-state index contributed by atoms with van der Waals surface area (Å²) in [7, 11) is 0. The molecule has 5 nitrogen and oxygen atoms in total. The molecule has 0 spiro atoms. The zero-order valence-electron chi connectivity index (χ0n) is 7.01. The van der Waals surface area contributed by atoms with Gasteiger partial charge in [0.1, 0.15) is 6.33 Å². The molecule has 0 aliphatic rings. The number of rotatable bonds is 4. The van der Waals surface area contributed by atoms with E-state index in [9.17, 15) is 0 Å². The van der Waals surface area contributed by atoms with E-state index in [1.807, 2.05) is 6.20 Å². The van der Waals surface area contributed by atoms with Gasteiger partial charge in [0.05, 0.1) is 0 Å². The Labute approximate surface area is 92.9 Å². The number of aromatic nitrogens is 3. The maximum absolute atomic E-state index is 5.22. The van der Waals surface area contributed by atoms with Crippen LogP contribution in [-0.2, 0) is 5.75 Å². The van der Waals surface area contributed by atoms with E-state index in [2.05, 4.69) is 19.8 Å². The van der Waals surface area contributed by atoms with Gasteiger partial charge in [-0.3, -0.25) is 5.43 Å². The molecule has 0 saturated carbocycles. The number of hydrogen-bond acceptors (Lipinski definition) is 8. The zero-order valence-corrected chi connectivity index (χ0v) is 9.46. The fourth-order valence-corrected chi connectivity index (χ4v) is 2.99. The molecule has 0 amide bonds. The van der Waals surface area contributed by atoms with Gasteiger partial charge in [-0.05, 0) is 11.5 Å². The van der Waals surface area contributed by atoms with E-state index >= 15 is 0 Å². The second kappa shape index (κ2) is 4.69. The standard InChI is InChI=1S/C6H7N5S3/c7-11-5-8-1-4(13-5)2-12-6-9-3-10-14-6/h1,3H,2,7H2,(H,8,11). The Morgan fingerprint density at radius 3 is 3.07 bits per heavy atom. The van der Waals surface area contributed by atoms with Crippen molar-refractivity contribution in [3.63, 3.8) is 0 Å². The SMILES string of the molecule is NNc1ncc(CSc2ncns2)s1. The number of nitrogens with two attached hydrogens (primary N) is 1. The van der Waals surface area contributed by atoms with Crippen LogP contribution in [0, 0.1) is 0 Å². The lowest BCUT2D eigenvalue weighted by molar-refractivity contribution is 1.21. The van der Waals surface area contributed by atoms with Gasteiger partial charge in [-0.15, -0.1) is 11.3 Å². The fraction of sp³-hybridized carbons (Fsp3) is 0.167. The Bertz CT molecular complexity index is 384. The van der Waals surface area contributed by atoms with Crippen molar-refractivity contribution in [3.05, 3.63) is 17.4 Å². The van der Waals surface area contributed by atoms with Crippen LogP contribution in [0.4, 0.5) is 5.13 Å². The average Bonchev–Trinajstić information content (AvgIpc) is 2.86. The molecular formula is C6H7N5S3. The third-order valence-corrected chi connectivity index (χ3v) is 4.31. The summed E-state index contributed by atoms with van der Waals surface area (Å²) in [6.45, 7) is 0. The van der Waals surface area contributed by atoms with Crippen molar-refractivity contribution in [1.82, 2.24) is 14.3 Å². The summed E-state index contributed by atoms with van der Waals surface area (Å²) in [4.78, 5) is 9.31. The van der Waals surface area contributed by atoms with Gasteiger partial charge in [-0.1, -0.05) is 11.8 Å². The minimum Gasteiger partial charge on any atom is -0.300 e. The van der Waals surface area contributed by atoms with Gasteiger partial charge in [0.15, 0.2) is 9.47 Å². The van der Waals surface area contributed by atoms with Gasteiger partial charge in [0, 0.05) is 16.8 Å². The van der Waals surface area contributed by atoms with Crippen molar-refractivity contribution in [2.75, 3.05) is 5.43 Å². The highest BCUT2D eigenvalue weighted by atomic mass is 32.2. The van der Waals surface area contributed by atoms with E-state index in [1.54, 1.807) is 29.4 Å². The van der Waals surface area contributed by atoms with E-state index in [0.717, 1.165) is 20.1 Å². The molecule has 0 aliphatic heterocycles. The molecule has 0 aliphatic carbocycles. The molecule has 14 heavy (non-hydrogen) atoms. The summed E-state index contributed by atoms with van der Waals surface area (Å²) in [5, 5.41) is 0.734. The van der Waals surface area contributed by atoms with Crippen LogP contribution in [0.2, 0.25) is 0 Å². The summed E-state index contributed by atoms with van der Waals surface area (Å²) in [5.74, 6) is 6.08. The van der Waals surface area contributed by atoms with E-state index in [1.165, 1.54) is 11.5 Å². The number of hydrazine groups is 1. The predicted molar refractivity (Wildman–Crippen MR) is 59.4 cm³/mol. The normalized spacial score (nSPS) is 10.4. The third kappa shape index (κ3) is 2.41. The number of nitrogens with zero attached hydrogens (tertiary/aromatic N) is 3. The first-order valence-corrected chi connectivity index (χ1v) is 6.27. The van der Waals surface area contributed by atoms with Crippen LogP contribution in [0.1, 0.15) is 4.88 Å². The average molecular weight is 245 g/mol. The molecule has 0 atom stereocenters. The highest BCUT2D eigenvalue weighted by molar-refractivity contribution is 8.00. The van der Waals surface area contributed by atoms with E-state index in [-0.39, 0.29) is 0 Å². The van der Waals surface area contributed by atoms with E-state index < -0.39 is 0 Å². The van der Waals surface area contributed by atoms with Crippen LogP contribution in [0.15, 0.2) is 16.9 Å². The van der Waals surface area contributed by atoms with Crippen LogP contribution >= 0.6 is 34.6 Å². The summed E-state index contributed by atoms with van der Waals surface area (Å²) >= 11 is 4.59. The first-order chi connectivity index (χ1) is 6.88. The zero-order chi connectivity index (χ0) is 9.80. The lowest BCUT2D eigenvalue weighted by Gasteiger charge is -1.91. The lowest BCUT2D eigenvalue weighted by atomic mass is 10.6. The molecule has 8 heteroatoms. The second-order valence-corrected chi connectivity index (χ2v) is 5.39. The summed E-state index contributed by atoms with van der Waals surface area (Å²) in [6, 6.07) is 0. The molecular weight excluding hydrogens is 238 g/mol. The van der Waals surface area contributed by atoms with Gasteiger partial charge in [0.2, 0.25) is 0 Å². The Kier molecular flexibility index (Phi) is 3.30. The van der Waals surface area contributed by atoms with Crippen molar-refractivity contribution < 1.29 is 0 Å². The molecule has 3 N–H and O–H groups in total. The van der Waals surface area contributed by atoms with Crippen LogP contribution in [0.25, 0.3) is 0 Å². The topological polar surface area (TPSA) is 76.7 Å². The first-order valence-electron chi connectivity index (χ1n) is 3.69. The van der Waals surface area contributed by atoms with Crippen molar-refractivity contribution in [2.24, 2.45) is 5.84 Å². The highest BCUT2D eigenvalue weighted by Gasteiger charge is 2.03. The number of hydrogen-bond donors (Lipinski definition) is 2. The number of nitrogens with one attached hydrogen (secondary N) is 1. The van der Waals surface area contributed by atoms with Crippen molar-refractivity contribution in [1.29, 1.82) is 0 Å². The summed E-state index contributed by atoms with van der Waals surface area (Å²) in [5.41, 5.74) is 2.51. The van der Waals surface area contributed by atoms with Gasteiger partial charge in [-0.2, -0.15) is 4.37 Å². The minimum atomic E-state index is 0.734. The van der Waals surface area contributed by atoms with E-state index in [0.29, 0.717) is 0 Å².